The van der Waals surface area contributed by atoms with Crippen LogP contribution in [0.2, 0.25) is 0 Å². The summed E-state index contributed by atoms with van der Waals surface area (Å²) in [6, 6.07) is 71.0. The zero-order chi connectivity index (χ0) is 34.9. The molecule has 0 spiro atoms. The van der Waals surface area contributed by atoms with Gasteiger partial charge in [0.15, 0.2) is 0 Å². The highest BCUT2D eigenvalue weighted by Gasteiger charge is 2.20. The molecular formula is C50H32N2S. The van der Waals surface area contributed by atoms with E-state index in [9.17, 15) is 0 Å². The fourth-order valence-electron chi connectivity index (χ4n) is 8.40. The van der Waals surface area contributed by atoms with Gasteiger partial charge in [0.05, 0.1) is 16.7 Å². The van der Waals surface area contributed by atoms with Crippen molar-refractivity contribution >= 4 is 91.9 Å². The maximum absolute atomic E-state index is 2.45. The van der Waals surface area contributed by atoms with Crippen LogP contribution in [0, 0.1) is 0 Å². The summed E-state index contributed by atoms with van der Waals surface area (Å²) in [6.07, 6.45) is 0. The van der Waals surface area contributed by atoms with Crippen LogP contribution in [-0.2, 0) is 0 Å². The lowest BCUT2D eigenvalue weighted by Gasteiger charge is -2.27. The van der Waals surface area contributed by atoms with E-state index in [0.717, 1.165) is 11.4 Å². The number of thiophene rings is 1. The van der Waals surface area contributed by atoms with Crippen molar-refractivity contribution < 1.29 is 0 Å². The molecule has 0 fully saturated rings. The molecule has 0 N–H and O–H groups in total. The average molecular weight is 693 g/mol. The number of hydrogen-bond acceptors (Lipinski definition) is 2. The van der Waals surface area contributed by atoms with Crippen LogP contribution in [0.5, 0.6) is 0 Å². The summed E-state index contributed by atoms with van der Waals surface area (Å²) in [5.41, 5.74) is 9.45. The van der Waals surface area contributed by atoms with Crippen LogP contribution in [0.15, 0.2) is 194 Å². The summed E-state index contributed by atoms with van der Waals surface area (Å²) in [5.74, 6) is 0. The maximum atomic E-state index is 2.45. The highest BCUT2D eigenvalue weighted by Crippen LogP contribution is 2.46. The summed E-state index contributed by atoms with van der Waals surface area (Å²) in [5, 5.41) is 10.1. The molecule has 0 amide bonds. The largest absolute Gasteiger partial charge is 0.310 e. The zero-order valence-corrected chi connectivity index (χ0v) is 29.6. The molecule has 3 heteroatoms. The van der Waals surface area contributed by atoms with E-state index < -0.39 is 0 Å². The highest BCUT2D eigenvalue weighted by molar-refractivity contribution is 7.26. The average Bonchev–Trinajstić information content (AvgIpc) is 3.78. The van der Waals surface area contributed by atoms with E-state index in [1.807, 2.05) is 11.3 Å². The van der Waals surface area contributed by atoms with E-state index in [4.69, 9.17) is 0 Å². The number of hydrogen-bond donors (Lipinski definition) is 0. The number of para-hydroxylation sites is 2. The van der Waals surface area contributed by atoms with Crippen molar-refractivity contribution in [2.45, 2.75) is 0 Å². The molecule has 2 aromatic heterocycles. The van der Waals surface area contributed by atoms with Crippen molar-refractivity contribution in [2.24, 2.45) is 0 Å². The molecule has 11 aromatic rings. The topological polar surface area (TPSA) is 8.17 Å². The van der Waals surface area contributed by atoms with Gasteiger partial charge in [-0.3, -0.25) is 0 Å². The number of nitrogens with zero attached hydrogens (tertiary/aromatic N) is 2. The van der Waals surface area contributed by atoms with Crippen LogP contribution < -0.4 is 4.90 Å². The maximum Gasteiger partial charge on any atom is 0.0554 e. The number of benzene rings is 9. The zero-order valence-electron chi connectivity index (χ0n) is 28.8. The summed E-state index contributed by atoms with van der Waals surface area (Å²) in [4.78, 5) is 2.45. The molecule has 0 aliphatic heterocycles. The molecule has 2 heterocycles. The van der Waals surface area contributed by atoms with Gasteiger partial charge < -0.3 is 9.47 Å². The van der Waals surface area contributed by atoms with Crippen LogP contribution in [0.1, 0.15) is 0 Å². The van der Waals surface area contributed by atoms with Gasteiger partial charge in [0, 0.05) is 48.0 Å². The van der Waals surface area contributed by atoms with Crippen molar-refractivity contribution in [2.75, 3.05) is 4.90 Å². The monoisotopic (exact) mass is 692 g/mol. The number of fused-ring (bicyclic) bond motifs is 9. The second-order valence-electron chi connectivity index (χ2n) is 13.7. The molecule has 0 saturated carbocycles. The Labute approximate surface area is 311 Å². The Bertz CT molecular complexity index is 3170. The van der Waals surface area contributed by atoms with Crippen molar-refractivity contribution in [1.29, 1.82) is 0 Å². The summed E-state index contributed by atoms with van der Waals surface area (Å²) < 4.78 is 4.98. The summed E-state index contributed by atoms with van der Waals surface area (Å²) in [6.45, 7) is 0. The molecule has 9 aromatic carbocycles. The van der Waals surface area contributed by atoms with Crippen molar-refractivity contribution in [3.63, 3.8) is 0 Å². The van der Waals surface area contributed by atoms with E-state index in [1.165, 1.54) is 86.0 Å². The molecular weight excluding hydrogens is 661 g/mol. The Morgan fingerprint density at radius 3 is 1.91 bits per heavy atom. The Balaban J connectivity index is 1.13. The molecule has 0 bridgehead atoms. The minimum Gasteiger partial charge on any atom is -0.310 e. The normalized spacial score (nSPS) is 11.8. The van der Waals surface area contributed by atoms with Crippen LogP contribution in [0.25, 0.3) is 80.3 Å². The first-order valence-corrected chi connectivity index (χ1v) is 18.9. The fraction of sp³-hybridized carbons (Fsp3) is 0. The number of rotatable bonds is 5. The van der Waals surface area contributed by atoms with E-state index in [1.54, 1.807) is 0 Å². The number of aromatic nitrogens is 1. The van der Waals surface area contributed by atoms with Crippen LogP contribution in [0.3, 0.4) is 0 Å². The first-order chi connectivity index (χ1) is 26.3. The molecule has 0 atom stereocenters. The highest BCUT2D eigenvalue weighted by atomic mass is 32.1. The first kappa shape index (κ1) is 30.0. The van der Waals surface area contributed by atoms with Gasteiger partial charge in [0.25, 0.3) is 0 Å². The van der Waals surface area contributed by atoms with E-state index in [0.29, 0.717) is 0 Å². The lowest BCUT2D eigenvalue weighted by Crippen LogP contribution is -2.10. The van der Waals surface area contributed by atoms with E-state index in [-0.39, 0.29) is 0 Å². The molecule has 0 saturated heterocycles. The molecule has 0 aliphatic rings. The SMILES string of the molecule is c1ccc(-n2c3ccccc3c3c(-c4ccc(N(c5ccc6ccc7ccccc7c6c5)c5cccc6sc7ccccc7c56)cc4)cccc32)cc1. The summed E-state index contributed by atoms with van der Waals surface area (Å²) >= 11 is 1.86. The molecule has 248 valence electrons. The predicted molar refractivity (Wildman–Crippen MR) is 229 cm³/mol. The smallest absolute Gasteiger partial charge is 0.0554 e. The van der Waals surface area contributed by atoms with Gasteiger partial charge in [0.1, 0.15) is 0 Å². The lowest BCUT2D eigenvalue weighted by molar-refractivity contribution is 1.18. The fourth-order valence-corrected chi connectivity index (χ4v) is 9.53. The van der Waals surface area contributed by atoms with Gasteiger partial charge in [0.2, 0.25) is 0 Å². The third-order valence-corrected chi connectivity index (χ3v) is 11.9. The predicted octanol–water partition coefficient (Wildman–Crippen LogP) is 14.6. The number of anilines is 3. The quantitative estimate of drug-likeness (QED) is 0.163. The van der Waals surface area contributed by atoms with E-state index >= 15 is 0 Å². The van der Waals surface area contributed by atoms with E-state index in [2.05, 4.69) is 204 Å². The second kappa shape index (κ2) is 11.9. The van der Waals surface area contributed by atoms with Crippen molar-refractivity contribution in [3.05, 3.63) is 194 Å². The Kier molecular flexibility index (Phi) is 6.76. The summed E-state index contributed by atoms with van der Waals surface area (Å²) in [7, 11) is 0. The van der Waals surface area contributed by atoms with Crippen molar-refractivity contribution in [1.82, 2.24) is 4.57 Å². The van der Waals surface area contributed by atoms with Gasteiger partial charge >= 0.3 is 0 Å². The molecule has 11 rings (SSSR count). The Hall–Kier alpha value is -6.68. The van der Waals surface area contributed by atoms with Gasteiger partial charge in [-0.25, -0.2) is 0 Å². The third-order valence-electron chi connectivity index (χ3n) is 10.8. The van der Waals surface area contributed by atoms with Gasteiger partial charge in [-0.15, -0.1) is 11.3 Å². The molecule has 2 nitrogen and oxygen atoms in total. The first-order valence-electron chi connectivity index (χ1n) is 18.1. The van der Waals surface area contributed by atoms with Crippen LogP contribution in [0.4, 0.5) is 17.1 Å². The van der Waals surface area contributed by atoms with Crippen LogP contribution >= 0.6 is 11.3 Å². The van der Waals surface area contributed by atoms with Crippen LogP contribution in [-0.4, -0.2) is 4.57 Å². The van der Waals surface area contributed by atoms with Gasteiger partial charge in [-0.1, -0.05) is 127 Å². The molecule has 0 radical (unpaired) electrons. The Morgan fingerprint density at radius 1 is 0.396 bits per heavy atom. The standard InChI is InChI=1S/C50H32N2S/c1-2-13-36(14-3-1)52-44-19-8-6-16-41(44)49-40(18-10-20-45(49)52)34-26-29-37(30-27-34)51(46-21-11-23-48-50(46)42-17-7-9-22-47(42)53-48)38-31-28-35-25-24-33-12-4-5-15-39(33)43(35)32-38/h1-32H. The second-order valence-corrected chi connectivity index (χ2v) is 14.8. The lowest BCUT2D eigenvalue weighted by atomic mass is 9.98. The third kappa shape index (κ3) is 4.71. The molecule has 0 unspecified atom stereocenters. The molecule has 53 heavy (non-hydrogen) atoms. The minimum atomic E-state index is 1.12. The molecule has 0 aliphatic carbocycles. The minimum absolute atomic E-state index is 1.12. The van der Waals surface area contributed by atoms with Gasteiger partial charge in [-0.2, -0.15) is 0 Å². The van der Waals surface area contributed by atoms with Gasteiger partial charge in [-0.05, 0) is 99.4 Å². The van der Waals surface area contributed by atoms with Crippen molar-refractivity contribution in [3.8, 4) is 16.8 Å². The Morgan fingerprint density at radius 2 is 1.04 bits per heavy atom.